The van der Waals surface area contributed by atoms with Gasteiger partial charge in [0.25, 0.3) is 0 Å². The Morgan fingerprint density at radius 3 is 2.17 bits per heavy atom. The van der Waals surface area contributed by atoms with Crippen molar-refractivity contribution in [3.05, 3.63) is 71.8 Å². The smallest absolute Gasteiger partial charge is 0.242 e. The molecule has 0 radical (unpaired) electrons. The average molecular weight is 427 g/mol. The quantitative estimate of drug-likeness (QED) is 0.501. The summed E-state index contributed by atoms with van der Waals surface area (Å²) < 4.78 is 0. The number of thioether (sulfide) groups is 1. The van der Waals surface area contributed by atoms with Crippen LogP contribution in [0.15, 0.2) is 60.7 Å². The summed E-state index contributed by atoms with van der Waals surface area (Å²) in [4.78, 5) is 27.4. The Morgan fingerprint density at radius 1 is 0.967 bits per heavy atom. The average Bonchev–Trinajstić information content (AvgIpc) is 2.78. The van der Waals surface area contributed by atoms with Gasteiger partial charge in [0.1, 0.15) is 6.04 Å². The molecule has 162 valence electrons. The molecule has 2 amide bonds. The van der Waals surface area contributed by atoms with Gasteiger partial charge in [-0.1, -0.05) is 67.6 Å². The van der Waals surface area contributed by atoms with Crippen LogP contribution in [-0.2, 0) is 21.8 Å². The highest BCUT2D eigenvalue weighted by atomic mass is 32.2. The summed E-state index contributed by atoms with van der Waals surface area (Å²) in [6.07, 6.45) is 2.05. The molecule has 0 bridgehead atoms. The number of hydrogen-bond donors (Lipinski definition) is 1. The summed E-state index contributed by atoms with van der Waals surface area (Å²) in [6.45, 7) is 6.40. The van der Waals surface area contributed by atoms with Crippen molar-refractivity contribution >= 4 is 23.6 Å². The minimum atomic E-state index is -0.477. The van der Waals surface area contributed by atoms with Crippen LogP contribution in [0.1, 0.15) is 44.7 Å². The van der Waals surface area contributed by atoms with Gasteiger partial charge >= 0.3 is 0 Å². The summed E-state index contributed by atoms with van der Waals surface area (Å²) in [7, 11) is 0. The lowest BCUT2D eigenvalue weighted by molar-refractivity contribution is -0.139. The van der Waals surface area contributed by atoms with E-state index in [2.05, 4.69) is 29.6 Å². The largest absolute Gasteiger partial charge is 0.352 e. The molecule has 0 spiro atoms. The first kappa shape index (κ1) is 24.0. The summed E-state index contributed by atoms with van der Waals surface area (Å²) in [6, 6.07) is 20.0. The van der Waals surface area contributed by atoms with Crippen LogP contribution in [0.5, 0.6) is 0 Å². The van der Waals surface area contributed by atoms with Gasteiger partial charge in [-0.15, -0.1) is 0 Å². The minimum absolute atomic E-state index is 0.0401. The second-order valence-corrected chi connectivity index (χ2v) is 8.71. The van der Waals surface area contributed by atoms with Gasteiger partial charge in [-0.25, -0.2) is 0 Å². The Hall–Kier alpha value is -2.27. The highest BCUT2D eigenvalue weighted by Gasteiger charge is 2.26. The van der Waals surface area contributed by atoms with E-state index in [1.54, 1.807) is 16.7 Å². The molecule has 0 heterocycles. The molecular weight excluding hydrogens is 392 g/mol. The third-order valence-electron chi connectivity index (χ3n) is 5.22. The van der Waals surface area contributed by atoms with Crippen LogP contribution in [0.25, 0.3) is 0 Å². The molecule has 0 aliphatic carbocycles. The number of benzene rings is 2. The second kappa shape index (κ2) is 13.1. The molecule has 0 fully saturated rings. The lowest BCUT2D eigenvalue weighted by atomic mass is 10.1. The summed E-state index contributed by atoms with van der Waals surface area (Å²) in [5.41, 5.74) is 2.43. The Labute approximate surface area is 185 Å². The molecule has 0 aromatic heterocycles. The second-order valence-electron chi connectivity index (χ2n) is 7.60. The monoisotopic (exact) mass is 426 g/mol. The topological polar surface area (TPSA) is 49.4 Å². The lowest BCUT2D eigenvalue weighted by Gasteiger charge is -2.29. The molecule has 30 heavy (non-hydrogen) atoms. The predicted molar refractivity (Wildman–Crippen MR) is 126 cm³/mol. The summed E-state index contributed by atoms with van der Waals surface area (Å²) >= 11 is 1.75. The zero-order valence-electron chi connectivity index (χ0n) is 18.3. The zero-order valence-corrected chi connectivity index (χ0v) is 19.2. The third kappa shape index (κ3) is 8.23. The van der Waals surface area contributed by atoms with E-state index in [0.29, 0.717) is 13.0 Å². The van der Waals surface area contributed by atoms with Crippen molar-refractivity contribution in [1.82, 2.24) is 10.2 Å². The predicted octanol–water partition coefficient (Wildman–Crippen LogP) is 4.68. The maximum absolute atomic E-state index is 13.0. The molecule has 2 rings (SSSR count). The molecule has 5 heteroatoms. The first-order chi connectivity index (χ1) is 14.5. The van der Waals surface area contributed by atoms with Gasteiger partial charge in [0.05, 0.1) is 0 Å². The number of hydrogen-bond acceptors (Lipinski definition) is 3. The molecular formula is C25H34N2O2S. The highest BCUT2D eigenvalue weighted by molar-refractivity contribution is 7.98. The fourth-order valence-corrected chi connectivity index (χ4v) is 3.99. The highest BCUT2D eigenvalue weighted by Crippen LogP contribution is 2.15. The van der Waals surface area contributed by atoms with Crippen LogP contribution in [0.4, 0.5) is 0 Å². The molecule has 2 aromatic carbocycles. The third-order valence-corrected chi connectivity index (χ3v) is 6.25. The Balaban J connectivity index is 1.94. The number of carbonyl (C=O) groups is 2. The number of nitrogens with one attached hydrogen (secondary N) is 1. The molecule has 0 saturated carbocycles. The lowest BCUT2D eigenvalue weighted by Crippen LogP contribution is -2.50. The van der Waals surface area contributed by atoms with Crippen molar-refractivity contribution in [1.29, 1.82) is 0 Å². The molecule has 0 aliphatic heterocycles. The van der Waals surface area contributed by atoms with E-state index in [1.165, 1.54) is 11.1 Å². The van der Waals surface area contributed by atoms with Crippen LogP contribution in [0.3, 0.4) is 0 Å². The number of carbonyl (C=O) groups excluding carboxylic acids is 2. The standard InChI is InChI=1S/C25H34N2O2S/c1-4-20(2)26-25(29)21(3)27(17-15-22-11-7-5-8-12-22)24(28)16-18-30-19-23-13-9-6-10-14-23/h5-14,20-21H,4,15-19H2,1-3H3,(H,26,29)/t20-,21-/m0/s1. The van der Waals surface area contributed by atoms with Crippen LogP contribution < -0.4 is 5.32 Å². The molecule has 2 atom stereocenters. The van der Waals surface area contributed by atoms with Gasteiger partial charge in [0.2, 0.25) is 11.8 Å². The molecule has 0 saturated heterocycles. The van der Waals surface area contributed by atoms with E-state index in [4.69, 9.17) is 0 Å². The van der Waals surface area contributed by atoms with Crippen molar-refractivity contribution in [3.63, 3.8) is 0 Å². The van der Waals surface area contributed by atoms with Crippen molar-refractivity contribution < 1.29 is 9.59 Å². The van der Waals surface area contributed by atoms with Gasteiger partial charge in [-0.3, -0.25) is 9.59 Å². The van der Waals surface area contributed by atoms with Crippen LogP contribution in [-0.4, -0.2) is 41.1 Å². The SMILES string of the molecule is CC[C@H](C)NC(=O)[C@H](C)N(CCc1ccccc1)C(=O)CCSCc1ccccc1. The van der Waals surface area contributed by atoms with Crippen molar-refractivity contribution in [2.45, 2.75) is 57.9 Å². The summed E-state index contributed by atoms with van der Waals surface area (Å²) in [5.74, 6) is 1.60. The van der Waals surface area contributed by atoms with E-state index in [-0.39, 0.29) is 17.9 Å². The van der Waals surface area contributed by atoms with Gasteiger partial charge < -0.3 is 10.2 Å². The molecule has 1 N–H and O–H groups in total. The normalized spacial score (nSPS) is 12.8. The van der Waals surface area contributed by atoms with Crippen molar-refractivity contribution in [3.8, 4) is 0 Å². The van der Waals surface area contributed by atoms with E-state index >= 15 is 0 Å². The maximum atomic E-state index is 13.0. The van der Waals surface area contributed by atoms with Crippen LogP contribution in [0.2, 0.25) is 0 Å². The zero-order chi connectivity index (χ0) is 21.8. The molecule has 2 aromatic rings. The Bertz CT molecular complexity index is 767. The van der Waals surface area contributed by atoms with Crippen molar-refractivity contribution in [2.24, 2.45) is 0 Å². The number of nitrogens with zero attached hydrogens (tertiary/aromatic N) is 1. The van der Waals surface area contributed by atoms with Crippen molar-refractivity contribution in [2.75, 3.05) is 12.3 Å². The minimum Gasteiger partial charge on any atom is -0.352 e. The first-order valence-electron chi connectivity index (χ1n) is 10.8. The van der Waals surface area contributed by atoms with Gasteiger partial charge in [-0.2, -0.15) is 11.8 Å². The maximum Gasteiger partial charge on any atom is 0.242 e. The fourth-order valence-electron chi connectivity index (χ4n) is 3.10. The molecule has 4 nitrogen and oxygen atoms in total. The van der Waals surface area contributed by atoms with E-state index in [0.717, 1.165) is 24.3 Å². The van der Waals surface area contributed by atoms with Gasteiger partial charge in [0, 0.05) is 30.5 Å². The van der Waals surface area contributed by atoms with Gasteiger partial charge in [-0.05, 0) is 37.8 Å². The van der Waals surface area contributed by atoms with E-state index < -0.39 is 6.04 Å². The van der Waals surface area contributed by atoms with E-state index in [1.807, 2.05) is 57.2 Å². The fraction of sp³-hybridized carbons (Fsp3) is 0.440. The number of rotatable bonds is 12. The molecule has 0 aliphatic rings. The first-order valence-corrected chi connectivity index (χ1v) is 11.9. The Morgan fingerprint density at radius 2 is 1.57 bits per heavy atom. The summed E-state index contributed by atoms with van der Waals surface area (Å²) in [5, 5.41) is 3.01. The van der Waals surface area contributed by atoms with Crippen LogP contribution >= 0.6 is 11.8 Å². The van der Waals surface area contributed by atoms with Gasteiger partial charge in [0.15, 0.2) is 0 Å². The van der Waals surface area contributed by atoms with Crippen LogP contribution in [0, 0.1) is 0 Å². The molecule has 0 unspecified atom stereocenters. The Kier molecular flexibility index (Phi) is 10.5. The number of amides is 2. The van der Waals surface area contributed by atoms with E-state index in [9.17, 15) is 9.59 Å².